The summed E-state index contributed by atoms with van der Waals surface area (Å²) in [5.41, 5.74) is 1.75. The zero-order valence-electron chi connectivity index (χ0n) is 12.0. The molecule has 6 nitrogen and oxygen atoms in total. The van der Waals surface area contributed by atoms with E-state index < -0.39 is 0 Å². The minimum atomic E-state index is -0.137. The predicted octanol–water partition coefficient (Wildman–Crippen LogP) is 2.75. The Morgan fingerprint density at radius 1 is 0.591 bits per heavy atom. The van der Waals surface area contributed by atoms with E-state index in [-0.39, 0.29) is 23.0 Å². The van der Waals surface area contributed by atoms with E-state index >= 15 is 0 Å². The maximum Gasteiger partial charge on any atom is 0.157 e. The third-order valence-corrected chi connectivity index (χ3v) is 3.18. The van der Waals surface area contributed by atoms with Crippen LogP contribution < -0.4 is 0 Å². The number of nitrogens with zero attached hydrogens (tertiary/aromatic N) is 2. The fourth-order valence-corrected chi connectivity index (χ4v) is 1.95. The highest BCUT2D eigenvalue weighted by Crippen LogP contribution is 2.25. The van der Waals surface area contributed by atoms with Crippen LogP contribution in [0.4, 0.5) is 0 Å². The van der Waals surface area contributed by atoms with Crippen molar-refractivity contribution in [1.82, 2.24) is 0 Å². The highest BCUT2D eigenvalue weighted by atomic mass is 16.3. The number of benzene rings is 2. The second-order valence-electron chi connectivity index (χ2n) is 4.88. The number of hydrogen-bond acceptors (Lipinski definition) is 6. The van der Waals surface area contributed by atoms with Gasteiger partial charge >= 0.3 is 0 Å². The fraction of sp³-hybridized carbons (Fsp3) is 0.250. The maximum atomic E-state index is 9.37. The van der Waals surface area contributed by atoms with Crippen molar-refractivity contribution in [1.29, 1.82) is 0 Å². The van der Waals surface area contributed by atoms with Crippen LogP contribution in [0.25, 0.3) is 0 Å². The summed E-state index contributed by atoms with van der Waals surface area (Å²) in [6.07, 6.45) is 1.24. The molecule has 0 fully saturated rings. The van der Waals surface area contributed by atoms with Gasteiger partial charge in [-0.2, -0.15) is 10.2 Å². The van der Waals surface area contributed by atoms with Crippen LogP contribution in [0.2, 0.25) is 0 Å². The minimum Gasteiger partial charge on any atom is -0.504 e. The first-order valence-corrected chi connectivity index (χ1v) is 6.91. The summed E-state index contributed by atoms with van der Waals surface area (Å²) in [7, 11) is 0. The van der Waals surface area contributed by atoms with E-state index in [2.05, 4.69) is 10.2 Å². The summed E-state index contributed by atoms with van der Waals surface area (Å²) in [6, 6.07) is 9.35. The highest BCUT2D eigenvalue weighted by molar-refractivity contribution is 5.41. The molecule has 0 aliphatic rings. The monoisotopic (exact) mass is 302 g/mol. The number of phenols is 4. The van der Waals surface area contributed by atoms with Crippen LogP contribution in [-0.2, 0) is 12.8 Å². The van der Waals surface area contributed by atoms with E-state index in [0.717, 1.165) is 11.1 Å². The van der Waals surface area contributed by atoms with Gasteiger partial charge in [0.15, 0.2) is 23.0 Å². The van der Waals surface area contributed by atoms with Crippen LogP contribution in [0.3, 0.4) is 0 Å². The van der Waals surface area contributed by atoms with Crippen molar-refractivity contribution in [2.75, 3.05) is 13.1 Å². The Balaban J connectivity index is 1.74. The summed E-state index contributed by atoms with van der Waals surface area (Å²) in [5.74, 6) is -0.548. The van der Waals surface area contributed by atoms with E-state index in [0.29, 0.717) is 25.9 Å². The lowest BCUT2D eigenvalue weighted by atomic mass is 10.1. The molecule has 0 atom stereocenters. The SMILES string of the molecule is Oc1ccc(CCN=NCCc2ccc(O)c(O)c2)cc1O. The van der Waals surface area contributed by atoms with E-state index in [1.807, 2.05) is 0 Å². The van der Waals surface area contributed by atoms with Crippen LogP contribution in [0.1, 0.15) is 11.1 Å². The average molecular weight is 302 g/mol. The van der Waals surface area contributed by atoms with Gasteiger partial charge in [0.05, 0.1) is 13.1 Å². The summed E-state index contributed by atoms with van der Waals surface area (Å²) < 4.78 is 0. The third-order valence-electron chi connectivity index (χ3n) is 3.18. The number of azo groups is 1. The molecule has 0 spiro atoms. The van der Waals surface area contributed by atoms with Gasteiger partial charge in [-0.05, 0) is 48.2 Å². The smallest absolute Gasteiger partial charge is 0.157 e. The van der Waals surface area contributed by atoms with Crippen molar-refractivity contribution in [3.05, 3.63) is 47.5 Å². The van der Waals surface area contributed by atoms with Gasteiger partial charge < -0.3 is 20.4 Å². The first kappa shape index (κ1) is 15.6. The normalized spacial score (nSPS) is 11.1. The van der Waals surface area contributed by atoms with Gasteiger partial charge in [0.25, 0.3) is 0 Å². The van der Waals surface area contributed by atoms with E-state index in [1.165, 1.54) is 24.3 Å². The van der Waals surface area contributed by atoms with Crippen molar-refractivity contribution >= 4 is 0 Å². The molecule has 0 aliphatic carbocycles. The Morgan fingerprint density at radius 3 is 1.36 bits per heavy atom. The molecular weight excluding hydrogens is 284 g/mol. The molecule has 0 aliphatic heterocycles. The topological polar surface area (TPSA) is 106 Å². The molecule has 0 amide bonds. The van der Waals surface area contributed by atoms with Crippen LogP contribution in [0, 0.1) is 0 Å². The fourth-order valence-electron chi connectivity index (χ4n) is 1.95. The summed E-state index contributed by atoms with van der Waals surface area (Å²) in [6.45, 7) is 0.982. The third kappa shape index (κ3) is 4.37. The molecule has 0 saturated heterocycles. The van der Waals surface area contributed by atoms with Gasteiger partial charge in [0.1, 0.15) is 0 Å². The number of hydrogen-bond donors (Lipinski definition) is 4. The first-order chi connectivity index (χ1) is 10.6. The number of aromatic hydroxyl groups is 4. The Kier molecular flexibility index (Phi) is 5.19. The van der Waals surface area contributed by atoms with Gasteiger partial charge in [-0.3, -0.25) is 0 Å². The number of phenolic OH excluding ortho intramolecular Hbond substituents is 4. The van der Waals surface area contributed by atoms with Crippen LogP contribution in [0.15, 0.2) is 46.6 Å². The highest BCUT2D eigenvalue weighted by Gasteiger charge is 2.01. The summed E-state index contributed by atoms with van der Waals surface area (Å²) >= 11 is 0. The molecule has 0 heterocycles. The second kappa shape index (κ2) is 7.31. The largest absolute Gasteiger partial charge is 0.504 e. The molecule has 0 aromatic heterocycles. The van der Waals surface area contributed by atoms with Crippen molar-refractivity contribution < 1.29 is 20.4 Å². The number of rotatable bonds is 6. The predicted molar refractivity (Wildman–Crippen MR) is 81.5 cm³/mol. The second-order valence-corrected chi connectivity index (χ2v) is 4.88. The Bertz CT molecular complexity index is 614. The maximum absolute atomic E-state index is 9.37. The average Bonchev–Trinajstić information content (AvgIpc) is 2.50. The molecule has 0 unspecified atom stereocenters. The van der Waals surface area contributed by atoms with Crippen LogP contribution >= 0.6 is 0 Å². The summed E-state index contributed by atoms with van der Waals surface area (Å²) in [4.78, 5) is 0. The molecule has 22 heavy (non-hydrogen) atoms. The van der Waals surface area contributed by atoms with Crippen molar-refractivity contribution in [3.8, 4) is 23.0 Å². The molecule has 4 N–H and O–H groups in total. The van der Waals surface area contributed by atoms with Gasteiger partial charge in [0.2, 0.25) is 0 Å². The van der Waals surface area contributed by atoms with Crippen molar-refractivity contribution in [3.63, 3.8) is 0 Å². The molecule has 2 aromatic carbocycles. The molecule has 2 rings (SSSR count). The zero-order valence-corrected chi connectivity index (χ0v) is 12.0. The molecular formula is C16H18N2O4. The Morgan fingerprint density at radius 2 is 1.00 bits per heavy atom. The first-order valence-electron chi connectivity index (χ1n) is 6.91. The zero-order chi connectivity index (χ0) is 15.9. The van der Waals surface area contributed by atoms with E-state index in [4.69, 9.17) is 0 Å². The van der Waals surface area contributed by atoms with Gasteiger partial charge in [-0.15, -0.1) is 0 Å². The Labute approximate surface area is 128 Å². The minimum absolute atomic E-state index is 0.137. The van der Waals surface area contributed by atoms with Crippen LogP contribution in [0.5, 0.6) is 23.0 Å². The van der Waals surface area contributed by atoms with E-state index in [9.17, 15) is 20.4 Å². The quantitative estimate of drug-likeness (QED) is 0.486. The summed E-state index contributed by atoms with van der Waals surface area (Å²) in [5, 5.41) is 45.2. The van der Waals surface area contributed by atoms with Crippen molar-refractivity contribution in [2.45, 2.75) is 12.8 Å². The van der Waals surface area contributed by atoms with Crippen molar-refractivity contribution in [2.24, 2.45) is 10.2 Å². The molecule has 0 radical (unpaired) electrons. The lowest BCUT2D eigenvalue weighted by molar-refractivity contribution is 0.403. The standard InChI is InChI=1S/C16H18N2O4/c19-13-3-1-11(9-15(13)21)5-7-17-18-8-6-12-2-4-14(20)16(22)10-12/h1-4,9-10,19-22H,5-8H2. The lowest BCUT2D eigenvalue weighted by Crippen LogP contribution is -1.91. The van der Waals surface area contributed by atoms with Gasteiger partial charge in [-0.1, -0.05) is 12.1 Å². The molecule has 0 saturated carbocycles. The molecule has 0 bridgehead atoms. The van der Waals surface area contributed by atoms with Gasteiger partial charge in [0, 0.05) is 0 Å². The lowest BCUT2D eigenvalue weighted by Gasteiger charge is -2.02. The molecule has 2 aromatic rings. The van der Waals surface area contributed by atoms with E-state index in [1.54, 1.807) is 12.1 Å². The van der Waals surface area contributed by atoms with Gasteiger partial charge in [-0.25, -0.2) is 0 Å². The molecule has 116 valence electrons. The Hall–Kier alpha value is -2.76. The molecule has 6 heteroatoms. The van der Waals surface area contributed by atoms with Crippen LogP contribution in [-0.4, -0.2) is 33.5 Å².